The summed E-state index contributed by atoms with van der Waals surface area (Å²) in [4.78, 5) is 0. The summed E-state index contributed by atoms with van der Waals surface area (Å²) in [6.07, 6.45) is 2.35. The van der Waals surface area contributed by atoms with E-state index < -0.39 is 0 Å². The normalized spacial score (nSPS) is 17.1. The number of rotatable bonds is 3. The van der Waals surface area contributed by atoms with Gasteiger partial charge in [0.05, 0.1) is 11.9 Å². The number of hydrazone groups is 1. The van der Waals surface area contributed by atoms with Gasteiger partial charge >= 0.3 is 0 Å². The summed E-state index contributed by atoms with van der Waals surface area (Å²) < 4.78 is 6.23. The maximum absolute atomic E-state index is 6.23. The zero-order valence-corrected chi connectivity index (χ0v) is 15.1. The lowest BCUT2D eigenvalue weighted by Crippen LogP contribution is -2.22. The van der Waals surface area contributed by atoms with Gasteiger partial charge in [-0.3, -0.25) is 5.43 Å². The first-order chi connectivity index (χ1) is 13.9. The lowest BCUT2D eigenvalue weighted by atomic mass is 9.96. The Balaban J connectivity index is 1.52. The van der Waals surface area contributed by atoms with E-state index in [-0.39, 0.29) is 6.10 Å². The fourth-order valence-corrected chi connectivity index (χ4v) is 3.48. The molecule has 5 rings (SSSR count). The summed E-state index contributed by atoms with van der Waals surface area (Å²) in [6.45, 7) is 0. The van der Waals surface area contributed by atoms with Crippen LogP contribution in [0.3, 0.4) is 0 Å². The molecule has 0 fully saturated rings. The van der Waals surface area contributed by atoms with Crippen LogP contribution in [0.1, 0.15) is 23.7 Å². The molecular formula is C23H18N4O. The highest BCUT2D eigenvalue weighted by molar-refractivity contribution is 6.04. The van der Waals surface area contributed by atoms with E-state index >= 15 is 0 Å². The van der Waals surface area contributed by atoms with E-state index in [2.05, 4.69) is 27.8 Å². The van der Waals surface area contributed by atoms with Gasteiger partial charge in [-0.1, -0.05) is 66.7 Å². The highest BCUT2D eigenvalue weighted by Crippen LogP contribution is 2.35. The van der Waals surface area contributed by atoms with Crippen LogP contribution in [0.25, 0.3) is 10.8 Å². The first-order valence-corrected chi connectivity index (χ1v) is 9.22. The van der Waals surface area contributed by atoms with Gasteiger partial charge < -0.3 is 4.74 Å². The van der Waals surface area contributed by atoms with Crippen molar-refractivity contribution in [2.24, 2.45) is 5.10 Å². The summed E-state index contributed by atoms with van der Waals surface area (Å²) >= 11 is 0. The molecule has 0 bridgehead atoms. The van der Waals surface area contributed by atoms with E-state index in [1.807, 2.05) is 66.7 Å². The van der Waals surface area contributed by atoms with Crippen molar-refractivity contribution < 1.29 is 4.74 Å². The number of nitrogens with one attached hydrogen (secondary N) is 1. The lowest BCUT2D eigenvalue weighted by molar-refractivity contribution is 0.206. The number of fused-ring (bicyclic) bond motifs is 2. The molecule has 0 radical (unpaired) electrons. The SMILES string of the molecule is c1ccc(C2C/C(=N/Nc3nncc4ccccc34)c3ccccc3O2)cc1. The van der Waals surface area contributed by atoms with Crippen LogP contribution < -0.4 is 10.2 Å². The second-order valence-corrected chi connectivity index (χ2v) is 6.67. The fraction of sp³-hybridized carbons (Fsp3) is 0.0870. The molecule has 1 N–H and O–H groups in total. The molecule has 5 heteroatoms. The number of hydrogen-bond donors (Lipinski definition) is 1. The zero-order chi connectivity index (χ0) is 18.8. The first kappa shape index (κ1) is 16.4. The van der Waals surface area contributed by atoms with Crippen LogP contribution in [-0.4, -0.2) is 15.9 Å². The molecule has 2 heterocycles. The van der Waals surface area contributed by atoms with Gasteiger partial charge in [0.25, 0.3) is 0 Å². The minimum absolute atomic E-state index is 0.0738. The predicted molar refractivity (Wildman–Crippen MR) is 111 cm³/mol. The Kier molecular flexibility index (Phi) is 4.18. The van der Waals surface area contributed by atoms with Crippen LogP contribution in [0.2, 0.25) is 0 Å². The van der Waals surface area contributed by atoms with E-state index in [9.17, 15) is 0 Å². The van der Waals surface area contributed by atoms with E-state index in [0.717, 1.165) is 33.4 Å². The Hall–Kier alpha value is -3.73. The topological polar surface area (TPSA) is 59.4 Å². The second-order valence-electron chi connectivity index (χ2n) is 6.67. The third-order valence-corrected chi connectivity index (χ3v) is 4.88. The zero-order valence-electron chi connectivity index (χ0n) is 15.1. The predicted octanol–water partition coefficient (Wildman–Crippen LogP) is 4.97. The van der Waals surface area contributed by atoms with Crippen molar-refractivity contribution >= 4 is 22.3 Å². The third-order valence-electron chi connectivity index (χ3n) is 4.88. The quantitative estimate of drug-likeness (QED) is 0.520. The number of hydrogen-bond acceptors (Lipinski definition) is 5. The standard InChI is InChI=1S/C23H18N4O/c1-2-8-16(9-3-1)22-14-20(19-12-6-7-13-21(19)28-22)25-27-23-18-11-5-4-10-17(18)15-24-26-23/h1-13,15,22H,14H2,(H,26,27)/b25-20-. The molecule has 0 saturated heterocycles. The molecule has 28 heavy (non-hydrogen) atoms. The number of aromatic nitrogens is 2. The van der Waals surface area contributed by atoms with Gasteiger partial charge in [-0.15, -0.1) is 5.10 Å². The Bertz CT molecular complexity index is 1150. The monoisotopic (exact) mass is 366 g/mol. The van der Waals surface area contributed by atoms with Crippen LogP contribution in [-0.2, 0) is 0 Å². The van der Waals surface area contributed by atoms with E-state index in [4.69, 9.17) is 9.84 Å². The minimum Gasteiger partial charge on any atom is -0.485 e. The lowest BCUT2D eigenvalue weighted by Gasteiger charge is -2.27. The number of benzene rings is 3. The number of anilines is 1. The molecule has 4 aromatic rings. The Morgan fingerprint density at radius 3 is 2.61 bits per heavy atom. The summed E-state index contributed by atoms with van der Waals surface area (Å²) in [5, 5.41) is 15.0. The molecule has 136 valence electrons. The molecule has 1 aliphatic rings. The summed E-state index contributed by atoms with van der Waals surface area (Å²) in [6, 6.07) is 26.2. The number of ether oxygens (including phenoxy) is 1. The average molecular weight is 366 g/mol. The largest absolute Gasteiger partial charge is 0.485 e. The minimum atomic E-state index is -0.0738. The van der Waals surface area contributed by atoms with Gasteiger partial charge in [0, 0.05) is 22.8 Å². The summed E-state index contributed by atoms with van der Waals surface area (Å²) in [5.41, 5.74) is 6.19. The molecule has 0 aliphatic carbocycles. The van der Waals surface area contributed by atoms with Gasteiger partial charge in [0.2, 0.25) is 0 Å². The van der Waals surface area contributed by atoms with Crippen molar-refractivity contribution in [3.63, 3.8) is 0 Å². The molecular weight excluding hydrogens is 348 g/mol. The average Bonchev–Trinajstić information content (AvgIpc) is 2.78. The van der Waals surface area contributed by atoms with Crippen LogP contribution >= 0.6 is 0 Å². The van der Waals surface area contributed by atoms with Crippen LogP contribution in [0.5, 0.6) is 5.75 Å². The molecule has 1 aliphatic heterocycles. The summed E-state index contributed by atoms with van der Waals surface area (Å²) in [5.74, 6) is 1.48. The molecule has 0 saturated carbocycles. The molecule has 0 amide bonds. The molecule has 1 atom stereocenters. The van der Waals surface area contributed by atoms with E-state index in [1.54, 1.807) is 6.20 Å². The molecule has 0 spiro atoms. The molecule has 1 unspecified atom stereocenters. The Morgan fingerprint density at radius 1 is 0.893 bits per heavy atom. The van der Waals surface area contributed by atoms with Gasteiger partial charge in [0.1, 0.15) is 11.9 Å². The number of para-hydroxylation sites is 1. The molecule has 1 aromatic heterocycles. The van der Waals surface area contributed by atoms with Crippen molar-refractivity contribution in [1.29, 1.82) is 0 Å². The fourth-order valence-electron chi connectivity index (χ4n) is 3.48. The van der Waals surface area contributed by atoms with Gasteiger partial charge in [-0.25, -0.2) is 0 Å². The Morgan fingerprint density at radius 2 is 1.68 bits per heavy atom. The van der Waals surface area contributed by atoms with Crippen molar-refractivity contribution in [1.82, 2.24) is 10.2 Å². The highest BCUT2D eigenvalue weighted by atomic mass is 16.5. The first-order valence-electron chi connectivity index (χ1n) is 9.22. The maximum Gasteiger partial charge on any atom is 0.176 e. The van der Waals surface area contributed by atoms with Crippen LogP contribution in [0, 0.1) is 0 Å². The smallest absolute Gasteiger partial charge is 0.176 e. The Labute approximate surface area is 162 Å². The van der Waals surface area contributed by atoms with Crippen molar-refractivity contribution in [3.8, 4) is 5.75 Å². The maximum atomic E-state index is 6.23. The van der Waals surface area contributed by atoms with Crippen molar-refractivity contribution in [3.05, 3.63) is 96.2 Å². The second kappa shape index (κ2) is 7.12. The van der Waals surface area contributed by atoms with Crippen molar-refractivity contribution in [2.75, 3.05) is 5.43 Å². The highest BCUT2D eigenvalue weighted by Gasteiger charge is 2.26. The van der Waals surface area contributed by atoms with E-state index in [1.165, 1.54) is 0 Å². The van der Waals surface area contributed by atoms with Gasteiger partial charge in [-0.05, 0) is 17.7 Å². The summed E-state index contributed by atoms with van der Waals surface area (Å²) in [7, 11) is 0. The third kappa shape index (κ3) is 3.07. The van der Waals surface area contributed by atoms with Crippen LogP contribution in [0.15, 0.2) is 90.2 Å². The molecule has 5 nitrogen and oxygen atoms in total. The van der Waals surface area contributed by atoms with Crippen molar-refractivity contribution in [2.45, 2.75) is 12.5 Å². The van der Waals surface area contributed by atoms with E-state index in [0.29, 0.717) is 12.2 Å². The van der Waals surface area contributed by atoms with Gasteiger partial charge in [0.15, 0.2) is 5.82 Å². The number of nitrogens with zero attached hydrogens (tertiary/aromatic N) is 3. The van der Waals surface area contributed by atoms with Gasteiger partial charge in [-0.2, -0.15) is 10.2 Å². The molecule has 3 aromatic carbocycles. The van der Waals surface area contributed by atoms with Crippen LogP contribution in [0.4, 0.5) is 5.82 Å².